The van der Waals surface area contributed by atoms with Crippen molar-refractivity contribution in [2.45, 2.75) is 50.3 Å². The van der Waals surface area contributed by atoms with Gasteiger partial charge in [-0.15, -0.1) is 10.2 Å². The third kappa shape index (κ3) is 7.75. The highest BCUT2D eigenvalue weighted by molar-refractivity contribution is 7.89. The molecule has 11 nitrogen and oxygen atoms in total. The minimum absolute atomic E-state index is 0.0524. The molecule has 1 amide bonds. The number of amides is 1. The first-order valence-corrected chi connectivity index (χ1v) is 17.0. The molecule has 12 heteroatoms. The summed E-state index contributed by atoms with van der Waals surface area (Å²) in [5.41, 5.74) is 10.8. The Hall–Kier alpha value is -4.26. The molecule has 1 aromatic heterocycles. The van der Waals surface area contributed by atoms with E-state index in [1.807, 2.05) is 31.2 Å². The molecule has 1 fully saturated rings. The van der Waals surface area contributed by atoms with Crippen LogP contribution < -0.4 is 11.1 Å². The van der Waals surface area contributed by atoms with Crippen LogP contribution in [0.2, 0.25) is 0 Å². The molecule has 5 rings (SSSR count). The van der Waals surface area contributed by atoms with Crippen LogP contribution in [-0.2, 0) is 26.0 Å². The van der Waals surface area contributed by atoms with Crippen molar-refractivity contribution in [2.24, 2.45) is 23.5 Å². The molecule has 3 aromatic carbocycles. The topological polar surface area (TPSA) is 164 Å². The van der Waals surface area contributed by atoms with E-state index in [-0.39, 0.29) is 28.9 Å². The molecule has 1 aliphatic rings. The standard InChI is InChI=1S/C34H41N7O4S/c1-22-4-17-30(46(44,45)41(2)3)20-31(22)25-9-5-23(6-10-25)18-28(19-32(42)26-11-7-24(21-35)8-12-26)34(43)36-29-15-13-27(14-16-29)33-37-39-40-38-33/h4-6,9-10,13-17,20,24,26,28H,7-8,11-12,18-19,21,35H2,1-3H3,(H,36,43)(H,37,38,39,40)/t24?,26?,28-/m1/s1. The van der Waals surface area contributed by atoms with Crippen LogP contribution >= 0.6 is 0 Å². The van der Waals surface area contributed by atoms with Gasteiger partial charge in [-0.1, -0.05) is 30.3 Å². The van der Waals surface area contributed by atoms with Crippen molar-refractivity contribution in [1.29, 1.82) is 0 Å². The maximum Gasteiger partial charge on any atom is 0.242 e. The lowest BCUT2D eigenvalue weighted by atomic mass is 9.77. The monoisotopic (exact) mass is 643 g/mol. The number of aromatic amines is 1. The fraction of sp³-hybridized carbons (Fsp3) is 0.382. The summed E-state index contributed by atoms with van der Waals surface area (Å²) in [6.45, 7) is 2.58. The molecule has 46 heavy (non-hydrogen) atoms. The van der Waals surface area contributed by atoms with Gasteiger partial charge in [0.1, 0.15) is 5.78 Å². The molecule has 242 valence electrons. The fourth-order valence-electron chi connectivity index (χ4n) is 6.01. The van der Waals surface area contributed by atoms with E-state index in [9.17, 15) is 18.0 Å². The Morgan fingerprint density at radius 2 is 1.65 bits per heavy atom. The quantitative estimate of drug-likeness (QED) is 0.201. The molecule has 0 spiro atoms. The molecule has 4 aromatic rings. The van der Waals surface area contributed by atoms with Crippen LogP contribution in [0, 0.1) is 24.7 Å². The minimum atomic E-state index is -3.58. The Labute approximate surface area is 270 Å². The third-order valence-electron chi connectivity index (χ3n) is 8.94. The SMILES string of the molecule is Cc1ccc(S(=O)(=O)N(C)C)cc1-c1ccc(C[C@H](CC(=O)C2CCC(CN)CC2)C(=O)Nc2ccc(-c3nn[nH]n3)cc2)cc1. The second-order valence-corrected chi connectivity index (χ2v) is 14.4. The Balaban J connectivity index is 1.34. The van der Waals surface area contributed by atoms with Gasteiger partial charge in [-0.2, -0.15) is 5.21 Å². The molecule has 1 aliphatic carbocycles. The first-order valence-electron chi connectivity index (χ1n) is 15.5. The Morgan fingerprint density at radius 1 is 0.978 bits per heavy atom. The number of rotatable bonds is 12. The number of tetrazole rings is 1. The van der Waals surface area contributed by atoms with E-state index in [2.05, 4.69) is 25.9 Å². The fourth-order valence-corrected chi connectivity index (χ4v) is 6.93. The maximum absolute atomic E-state index is 13.7. The number of sulfonamides is 1. The van der Waals surface area contributed by atoms with Gasteiger partial charge in [0.2, 0.25) is 21.8 Å². The zero-order valence-electron chi connectivity index (χ0n) is 26.4. The molecule has 0 radical (unpaired) electrons. The largest absolute Gasteiger partial charge is 0.330 e. The van der Waals surface area contributed by atoms with E-state index in [0.717, 1.165) is 53.5 Å². The first-order chi connectivity index (χ1) is 22.0. The molecule has 4 N–H and O–H groups in total. The highest BCUT2D eigenvalue weighted by Gasteiger charge is 2.30. The minimum Gasteiger partial charge on any atom is -0.330 e. The summed E-state index contributed by atoms with van der Waals surface area (Å²) < 4.78 is 26.7. The number of aryl methyl sites for hydroxylation is 1. The molecule has 1 saturated carbocycles. The lowest BCUT2D eigenvalue weighted by Gasteiger charge is -2.27. The number of carbonyl (C=O) groups excluding carboxylic acids is 2. The number of Topliss-reactive ketones (excluding diaryl/α,β-unsaturated/α-hetero) is 1. The maximum atomic E-state index is 13.7. The molecular weight excluding hydrogens is 602 g/mol. The zero-order valence-corrected chi connectivity index (χ0v) is 27.3. The molecule has 0 unspecified atom stereocenters. The summed E-state index contributed by atoms with van der Waals surface area (Å²) in [4.78, 5) is 27.4. The van der Waals surface area contributed by atoms with Crippen LogP contribution in [0.4, 0.5) is 5.69 Å². The summed E-state index contributed by atoms with van der Waals surface area (Å²) in [7, 11) is -0.560. The second kappa shape index (κ2) is 14.4. The van der Waals surface area contributed by atoms with Gasteiger partial charge in [0.05, 0.1) is 4.90 Å². The lowest BCUT2D eigenvalue weighted by molar-refractivity contribution is -0.129. The van der Waals surface area contributed by atoms with Gasteiger partial charge < -0.3 is 11.1 Å². The van der Waals surface area contributed by atoms with Crippen LogP contribution in [0.3, 0.4) is 0 Å². The first kappa shape index (κ1) is 33.1. The summed E-state index contributed by atoms with van der Waals surface area (Å²) in [5, 5.41) is 17.0. The molecule has 0 aliphatic heterocycles. The molecular formula is C34H41N7O4S. The van der Waals surface area contributed by atoms with Gasteiger partial charge >= 0.3 is 0 Å². The molecule has 0 bridgehead atoms. The van der Waals surface area contributed by atoms with E-state index in [1.54, 1.807) is 42.5 Å². The highest BCUT2D eigenvalue weighted by atomic mass is 32.2. The van der Waals surface area contributed by atoms with Crippen molar-refractivity contribution in [3.8, 4) is 22.5 Å². The van der Waals surface area contributed by atoms with E-state index >= 15 is 0 Å². The van der Waals surface area contributed by atoms with E-state index < -0.39 is 15.9 Å². The molecule has 1 heterocycles. The van der Waals surface area contributed by atoms with Gasteiger partial charge in [0.15, 0.2) is 0 Å². The van der Waals surface area contributed by atoms with Gasteiger partial charge in [-0.3, -0.25) is 9.59 Å². The Kier molecular flexibility index (Phi) is 10.4. The average Bonchev–Trinajstić information content (AvgIpc) is 3.60. The Morgan fingerprint density at radius 3 is 2.26 bits per heavy atom. The van der Waals surface area contributed by atoms with Crippen LogP contribution in [-0.4, -0.2) is 65.7 Å². The van der Waals surface area contributed by atoms with E-state index in [0.29, 0.717) is 30.4 Å². The number of benzene rings is 3. The predicted molar refractivity (Wildman–Crippen MR) is 177 cm³/mol. The third-order valence-corrected chi connectivity index (χ3v) is 10.8. The average molecular weight is 644 g/mol. The number of nitrogens with zero attached hydrogens (tertiary/aromatic N) is 4. The summed E-state index contributed by atoms with van der Waals surface area (Å²) in [6.07, 6.45) is 4.02. The lowest BCUT2D eigenvalue weighted by Crippen LogP contribution is -2.31. The van der Waals surface area contributed by atoms with Crippen molar-refractivity contribution in [3.05, 3.63) is 77.9 Å². The van der Waals surface area contributed by atoms with Crippen LogP contribution in [0.15, 0.2) is 71.6 Å². The highest BCUT2D eigenvalue weighted by Crippen LogP contribution is 2.32. The Bertz CT molecular complexity index is 1750. The van der Waals surface area contributed by atoms with E-state index in [4.69, 9.17) is 5.73 Å². The van der Waals surface area contributed by atoms with Crippen LogP contribution in [0.25, 0.3) is 22.5 Å². The van der Waals surface area contributed by atoms with Gasteiger partial charge in [-0.05, 0) is 115 Å². The number of hydrogen-bond acceptors (Lipinski definition) is 8. The molecule has 1 atom stereocenters. The number of H-pyrrole nitrogens is 1. The molecule has 0 saturated heterocycles. The van der Waals surface area contributed by atoms with Crippen molar-refractivity contribution < 1.29 is 18.0 Å². The summed E-state index contributed by atoms with van der Waals surface area (Å²) in [6, 6.07) is 20.0. The number of anilines is 1. The zero-order chi connectivity index (χ0) is 32.8. The number of nitrogens with two attached hydrogens (primary N) is 1. The van der Waals surface area contributed by atoms with Crippen LogP contribution in [0.1, 0.15) is 43.2 Å². The number of ketones is 1. The normalized spacial score (nSPS) is 17.5. The number of aromatic nitrogens is 4. The number of hydrogen-bond donors (Lipinski definition) is 3. The van der Waals surface area contributed by atoms with E-state index in [1.165, 1.54) is 18.4 Å². The van der Waals surface area contributed by atoms with Crippen molar-refractivity contribution in [2.75, 3.05) is 26.0 Å². The summed E-state index contributed by atoms with van der Waals surface area (Å²) in [5.74, 6) is 0.188. The number of nitrogens with one attached hydrogen (secondary N) is 2. The smallest absolute Gasteiger partial charge is 0.242 e. The van der Waals surface area contributed by atoms with Gasteiger partial charge in [0, 0.05) is 43.6 Å². The van der Waals surface area contributed by atoms with Gasteiger partial charge in [0.25, 0.3) is 0 Å². The van der Waals surface area contributed by atoms with Crippen molar-refractivity contribution in [1.82, 2.24) is 24.9 Å². The summed E-state index contributed by atoms with van der Waals surface area (Å²) >= 11 is 0. The van der Waals surface area contributed by atoms with Crippen molar-refractivity contribution >= 4 is 27.4 Å². The number of carbonyl (C=O) groups is 2. The van der Waals surface area contributed by atoms with Crippen LogP contribution in [0.5, 0.6) is 0 Å². The van der Waals surface area contributed by atoms with Crippen molar-refractivity contribution in [3.63, 3.8) is 0 Å². The predicted octanol–water partition coefficient (Wildman–Crippen LogP) is 4.61. The van der Waals surface area contributed by atoms with Gasteiger partial charge in [-0.25, -0.2) is 12.7 Å². The second-order valence-electron chi connectivity index (χ2n) is 12.3.